The average molecular weight is 463 g/mol. The molecule has 0 bridgehead atoms. The van der Waals surface area contributed by atoms with Crippen LogP contribution in [0.15, 0.2) is 54.6 Å². The molecule has 4 rings (SSSR count). The molecule has 1 unspecified atom stereocenters. The normalized spacial score (nSPS) is 15.2. The molecule has 0 saturated carbocycles. The summed E-state index contributed by atoms with van der Waals surface area (Å²) in [6.07, 6.45) is 6.20. The van der Waals surface area contributed by atoms with E-state index in [2.05, 4.69) is 19.1 Å². The molecule has 1 aliphatic rings. The number of fused-ring (bicyclic) bond motifs is 1. The molecule has 1 aliphatic heterocycles. The average Bonchev–Trinajstić information content (AvgIpc) is 2.84. The van der Waals surface area contributed by atoms with Crippen LogP contribution in [-0.4, -0.2) is 5.97 Å². The highest BCUT2D eigenvalue weighted by Gasteiger charge is 2.30. The lowest BCUT2D eigenvalue weighted by atomic mass is 9.91. The number of unbranched alkanes of at least 4 members (excludes halogenated alkanes) is 1. The van der Waals surface area contributed by atoms with Gasteiger partial charge in [0.05, 0.1) is 5.92 Å². The van der Waals surface area contributed by atoms with Crippen LogP contribution in [0, 0.1) is 17.6 Å². The Balaban J connectivity index is 1.44. The van der Waals surface area contributed by atoms with Crippen LogP contribution in [-0.2, 0) is 30.5 Å². The molecule has 3 aromatic carbocycles. The summed E-state index contributed by atoms with van der Waals surface area (Å²) in [4.78, 5) is 12.2. The lowest BCUT2D eigenvalue weighted by molar-refractivity contribution is -0.140. The molecule has 0 aliphatic carbocycles. The maximum atomic E-state index is 15.1. The first kappa shape index (κ1) is 24.1. The second-order valence-corrected chi connectivity index (χ2v) is 9.24. The topological polar surface area (TPSA) is 26.3 Å². The SMILES string of the molecule is CCCCc1ccc(-c2ccc(CCc3ccc4c(c3F)OC(=O)C(CCC)C4)c(F)c2)cc1. The number of hydrogen-bond donors (Lipinski definition) is 0. The van der Waals surface area contributed by atoms with E-state index in [1.807, 2.05) is 31.2 Å². The minimum absolute atomic E-state index is 0.0491. The summed E-state index contributed by atoms with van der Waals surface area (Å²) >= 11 is 0. The minimum Gasteiger partial charge on any atom is -0.423 e. The molecule has 0 fully saturated rings. The summed E-state index contributed by atoms with van der Waals surface area (Å²) in [6.45, 7) is 4.19. The van der Waals surface area contributed by atoms with E-state index in [1.165, 1.54) is 5.56 Å². The Hall–Kier alpha value is -3.01. The van der Waals surface area contributed by atoms with Crippen molar-refractivity contribution >= 4 is 5.97 Å². The number of aryl methyl sites for hydroxylation is 3. The van der Waals surface area contributed by atoms with Crippen LogP contribution in [0.3, 0.4) is 0 Å². The maximum absolute atomic E-state index is 15.1. The number of ether oxygens (including phenoxy) is 1. The fourth-order valence-corrected chi connectivity index (χ4v) is 4.65. The van der Waals surface area contributed by atoms with Crippen molar-refractivity contribution in [2.75, 3.05) is 0 Å². The molecule has 1 atom stereocenters. The number of hydrogen-bond acceptors (Lipinski definition) is 2. The molecule has 0 radical (unpaired) electrons. The van der Waals surface area contributed by atoms with E-state index in [4.69, 9.17) is 4.74 Å². The summed E-state index contributed by atoms with van der Waals surface area (Å²) in [5.74, 6) is -1.30. The van der Waals surface area contributed by atoms with Crippen molar-refractivity contribution in [3.8, 4) is 16.9 Å². The van der Waals surface area contributed by atoms with E-state index < -0.39 is 5.82 Å². The Morgan fingerprint density at radius 2 is 1.56 bits per heavy atom. The third kappa shape index (κ3) is 5.38. The fourth-order valence-electron chi connectivity index (χ4n) is 4.65. The van der Waals surface area contributed by atoms with Gasteiger partial charge >= 0.3 is 5.97 Å². The largest absolute Gasteiger partial charge is 0.423 e. The molecule has 1 heterocycles. The summed E-state index contributed by atoms with van der Waals surface area (Å²) in [6, 6.07) is 17.1. The molecule has 0 N–H and O–H groups in total. The van der Waals surface area contributed by atoms with Crippen molar-refractivity contribution in [1.82, 2.24) is 0 Å². The van der Waals surface area contributed by atoms with Gasteiger partial charge in [0.2, 0.25) is 0 Å². The smallest absolute Gasteiger partial charge is 0.314 e. The molecule has 2 nitrogen and oxygen atoms in total. The second kappa shape index (κ2) is 10.9. The van der Waals surface area contributed by atoms with E-state index in [9.17, 15) is 9.18 Å². The molecule has 0 amide bonds. The number of esters is 1. The van der Waals surface area contributed by atoms with Gasteiger partial charge in [-0.05, 0) is 78.0 Å². The number of benzene rings is 3. The first-order chi connectivity index (χ1) is 16.5. The van der Waals surface area contributed by atoms with E-state index in [1.54, 1.807) is 18.2 Å². The summed E-state index contributed by atoms with van der Waals surface area (Å²) < 4.78 is 35.3. The highest BCUT2D eigenvalue weighted by atomic mass is 19.1. The zero-order chi connectivity index (χ0) is 24.1. The van der Waals surface area contributed by atoms with Gasteiger partial charge in [-0.25, -0.2) is 8.78 Å². The van der Waals surface area contributed by atoms with Crippen LogP contribution in [0.5, 0.6) is 5.75 Å². The van der Waals surface area contributed by atoms with Gasteiger partial charge in [-0.3, -0.25) is 4.79 Å². The van der Waals surface area contributed by atoms with E-state index in [0.717, 1.165) is 48.8 Å². The molecule has 3 aromatic rings. The van der Waals surface area contributed by atoms with Crippen molar-refractivity contribution in [2.45, 2.75) is 65.2 Å². The van der Waals surface area contributed by atoms with Crippen molar-refractivity contribution < 1.29 is 18.3 Å². The molecule has 4 heteroatoms. The van der Waals surface area contributed by atoms with Crippen LogP contribution < -0.4 is 4.74 Å². The van der Waals surface area contributed by atoms with Gasteiger partial charge in [-0.1, -0.05) is 75.2 Å². The zero-order valence-electron chi connectivity index (χ0n) is 20.0. The predicted molar refractivity (Wildman–Crippen MR) is 132 cm³/mol. The van der Waals surface area contributed by atoms with Crippen LogP contribution >= 0.6 is 0 Å². The number of carbonyl (C=O) groups excluding carboxylic acids is 1. The Morgan fingerprint density at radius 1 is 0.853 bits per heavy atom. The molecule has 178 valence electrons. The summed E-state index contributed by atoms with van der Waals surface area (Å²) in [5, 5.41) is 0. The molecule has 0 spiro atoms. The number of halogens is 2. The molecular weight excluding hydrogens is 430 g/mol. The second-order valence-electron chi connectivity index (χ2n) is 9.24. The lowest BCUT2D eigenvalue weighted by Crippen LogP contribution is -2.28. The van der Waals surface area contributed by atoms with E-state index in [0.29, 0.717) is 30.4 Å². The monoisotopic (exact) mass is 462 g/mol. The Bertz CT molecular complexity index is 1150. The fraction of sp³-hybridized carbons (Fsp3) is 0.367. The molecule has 0 saturated heterocycles. The Labute approximate surface area is 201 Å². The molecular formula is C30H32F2O2. The Morgan fingerprint density at radius 3 is 2.26 bits per heavy atom. The van der Waals surface area contributed by atoms with Gasteiger partial charge in [0.1, 0.15) is 5.82 Å². The van der Waals surface area contributed by atoms with Crippen LogP contribution in [0.2, 0.25) is 0 Å². The first-order valence-corrected chi connectivity index (χ1v) is 12.4. The quantitative estimate of drug-likeness (QED) is 0.241. The van der Waals surface area contributed by atoms with Gasteiger partial charge in [0.15, 0.2) is 11.6 Å². The van der Waals surface area contributed by atoms with Crippen molar-refractivity contribution in [3.05, 3.63) is 88.5 Å². The number of rotatable bonds is 9. The van der Waals surface area contributed by atoms with Crippen LogP contribution in [0.25, 0.3) is 11.1 Å². The molecule has 34 heavy (non-hydrogen) atoms. The van der Waals surface area contributed by atoms with Gasteiger partial charge in [0, 0.05) is 0 Å². The lowest BCUT2D eigenvalue weighted by Gasteiger charge is -2.24. The zero-order valence-corrected chi connectivity index (χ0v) is 20.0. The highest BCUT2D eigenvalue weighted by molar-refractivity contribution is 5.78. The highest BCUT2D eigenvalue weighted by Crippen LogP contribution is 2.34. The Kier molecular flexibility index (Phi) is 7.77. The van der Waals surface area contributed by atoms with E-state index in [-0.39, 0.29) is 23.5 Å². The van der Waals surface area contributed by atoms with Gasteiger partial charge in [-0.15, -0.1) is 0 Å². The standard InChI is InChI=1S/C30H32F2O2/c1-3-5-7-20-8-10-21(11-9-20)24-16-13-22(27(31)19-24)12-14-23-15-17-25-18-26(6-4-2)30(33)34-29(25)28(23)32/h8-11,13,15-17,19,26H,3-7,12,14,18H2,1-2H3. The molecule has 0 aromatic heterocycles. The number of carbonyl (C=O) groups is 1. The third-order valence-corrected chi connectivity index (χ3v) is 6.72. The minimum atomic E-state index is -0.499. The third-order valence-electron chi connectivity index (χ3n) is 6.72. The predicted octanol–water partition coefficient (Wildman–Crippen LogP) is 7.64. The van der Waals surface area contributed by atoms with Gasteiger partial charge in [-0.2, -0.15) is 0 Å². The first-order valence-electron chi connectivity index (χ1n) is 12.4. The van der Waals surface area contributed by atoms with Crippen molar-refractivity contribution in [3.63, 3.8) is 0 Å². The van der Waals surface area contributed by atoms with Crippen LogP contribution in [0.1, 0.15) is 61.8 Å². The van der Waals surface area contributed by atoms with Crippen LogP contribution in [0.4, 0.5) is 8.78 Å². The summed E-state index contributed by atoms with van der Waals surface area (Å²) in [5.41, 5.74) is 4.82. The summed E-state index contributed by atoms with van der Waals surface area (Å²) in [7, 11) is 0. The van der Waals surface area contributed by atoms with E-state index >= 15 is 4.39 Å². The van der Waals surface area contributed by atoms with Gasteiger partial charge in [0.25, 0.3) is 0 Å². The van der Waals surface area contributed by atoms with Gasteiger partial charge < -0.3 is 4.74 Å². The van der Waals surface area contributed by atoms with Crippen molar-refractivity contribution in [2.24, 2.45) is 5.92 Å². The maximum Gasteiger partial charge on any atom is 0.314 e. The van der Waals surface area contributed by atoms with Crippen molar-refractivity contribution in [1.29, 1.82) is 0 Å².